The number of hydrogen-bond acceptors (Lipinski definition) is 6. The van der Waals surface area contributed by atoms with E-state index in [1.165, 1.54) is 6.07 Å². The number of pyridine rings is 1. The van der Waals surface area contributed by atoms with Crippen molar-refractivity contribution in [3.8, 4) is 17.1 Å². The lowest BCUT2D eigenvalue weighted by molar-refractivity contribution is 0.0252. The van der Waals surface area contributed by atoms with Gasteiger partial charge in [0.2, 0.25) is 5.88 Å². The van der Waals surface area contributed by atoms with Crippen molar-refractivity contribution in [2.45, 2.75) is 58.5 Å². The number of halogens is 2. The number of carbonyl (C=O) groups excluding carboxylic acids is 2. The lowest BCUT2D eigenvalue weighted by Gasteiger charge is -2.28. The molecule has 2 amide bonds. The van der Waals surface area contributed by atoms with Crippen molar-refractivity contribution in [2.75, 3.05) is 13.1 Å². The van der Waals surface area contributed by atoms with Gasteiger partial charge in [-0.2, -0.15) is 0 Å². The van der Waals surface area contributed by atoms with Gasteiger partial charge >= 0.3 is 12.2 Å². The zero-order valence-electron chi connectivity index (χ0n) is 24.3. The van der Waals surface area contributed by atoms with Gasteiger partial charge in [-0.3, -0.25) is 0 Å². The molecule has 222 valence electrons. The highest BCUT2D eigenvalue weighted by molar-refractivity contribution is 5.70. The van der Waals surface area contributed by atoms with Crippen molar-refractivity contribution in [1.82, 2.24) is 15.2 Å². The van der Waals surface area contributed by atoms with E-state index >= 15 is 0 Å². The first-order valence-corrected chi connectivity index (χ1v) is 13.9. The summed E-state index contributed by atoms with van der Waals surface area (Å²) in [6.07, 6.45) is -1.16. The second-order valence-corrected chi connectivity index (χ2v) is 12.3. The Labute approximate surface area is 244 Å². The monoisotopic (exact) mass is 579 g/mol. The fourth-order valence-corrected chi connectivity index (χ4v) is 5.11. The number of nitrogens with zero attached hydrogens (tertiary/aromatic N) is 2. The van der Waals surface area contributed by atoms with E-state index < -0.39 is 28.9 Å². The Kier molecular flexibility index (Phi) is 7.83. The molecule has 1 aliphatic heterocycles. The van der Waals surface area contributed by atoms with Gasteiger partial charge in [0, 0.05) is 42.6 Å². The van der Waals surface area contributed by atoms with Crippen LogP contribution in [0.5, 0.6) is 5.88 Å². The Morgan fingerprint density at radius 3 is 2.31 bits per heavy atom. The molecule has 1 aliphatic carbocycles. The average Bonchev–Trinajstić information content (AvgIpc) is 3.33. The van der Waals surface area contributed by atoms with Crippen LogP contribution < -0.4 is 10.1 Å². The quantitative estimate of drug-likeness (QED) is 0.347. The minimum absolute atomic E-state index is 0.0950. The summed E-state index contributed by atoms with van der Waals surface area (Å²) in [6, 6.07) is 15.9. The van der Waals surface area contributed by atoms with E-state index in [0.29, 0.717) is 18.7 Å². The van der Waals surface area contributed by atoms with E-state index in [1.807, 2.05) is 51.1 Å². The van der Waals surface area contributed by atoms with Gasteiger partial charge in [-0.15, -0.1) is 0 Å². The van der Waals surface area contributed by atoms with Gasteiger partial charge in [-0.05, 0) is 63.9 Å². The third kappa shape index (κ3) is 6.80. The maximum Gasteiger partial charge on any atom is 0.410 e. The van der Waals surface area contributed by atoms with Gasteiger partial charge in [-0.25, -0.2) is 23.4 Å². The summed E-state index contributed by atoms with van der Waals surface area (Å²) in [6.45, 7) is 10.2. The lowest BCUT2D eigenvalue weighted by atomic mass is 9.93. The number of rotatable bonds is 7. The molecule has 3 atom stereocenters. The molecule has 2 aliphatic rings. The summed E-state index contributed by atoms with van der Waals surface area (Å²) >= 11 is 0. The second-order valence-electron chi connectivity index (χ2n) is 12.3. The number of ether oxygens (including phenoxy) is 3. The SMILES string of the molecule is CC(C)(C)OC(=O)N1C[C@@H]2C(Oc3cc(C(C)(C)NC(=O)OCc4ccccc4)cc(-c4ccc(F)cc4F)n3)[C@@H]2C1. The highest BCUT2D eigenvalue weighted by atomic mass is 19.1. The zero-order chi connectivity index (χ0) is 30.2. The van der Waals surface area contributed by atoms with Crippen LogP contribution in [0, 0.1) is 23.5 Å². The molecule has 2 aromatic carbocycles. The van der Waals surface area contributed by atoms with E-state index in [4.69, 9.17) is 14.2 Å². The summed E-state index contributed by atoms with van der Waals surface area (Å²) in [5.41, 5.74) is 0.215. The minimum atomic E-state index is -0.965. The molecule has 0 spiro atoms. The van der Waals surface area contributed by atoms with E-state index in [1.54, 1.807) is 30.9 Å². The van der Waals surface area contributed by atoms with Gasteiger partial charge in [0.15, 0.2) is 0 Å². The van der Waals surface area contributed by atoms with Crippen LogP contribution in [-0.4, -0.2) is 46.9 Å². The van der Waals surface area contributed by atoms with Crippen molar-refractivity contribution in [2.24, 2.45) is 11.8 Å². The highest BCUT2D eigenvalue weighted by Gasteiger charge is 2.59. The number of amides is 2. The Balaban J connectivity index is 1.33. The highest BCUT2D eigenvalue weighted by Crippen LogP contribution is 2.48. The van der Waals surface area contributed by atoms with Gasteiger partial charge in [-0.1, -0.05) is 30.3 Å². The Hall–Kier alpha value is -4.21. The lowest BCUT2D eigenvalue weighted by Crippen LogP contribution is -2.41. The van der Waals surface area contributed by atoms with Gasteiger partial charge in [0.1, 0.15) is 29.9 Å². The van der Waals surface area contributed by atoms with Gasteiger partial charge in [0.05, 0.1) is 11.2 Å². The zero-order valence-corrected chi connectivity index (χ0v) is 24.3. The molecule has 2 heterocycles. The third-order valence-electron chi connectivity index (χ3n) is 7.38. The number of fused-ring (bicyclic) bond motifs is 1. The molecule has 5 rings (SSSR count). The van der Waals surface area contributed by atoms with Crippen LogP contribution in [0.3, 0.4) is 0 Å². The molecule has 1 saturated carbocycles. The van der Waals surface area contributed by atoms with Crippen LogP contribution in [0.2, 0.25) is 0 Å². The van der Waals surface area contributed by atoms with Crippen molar-refractivity contribution in [1.29, 1.82) is 0 Å². The maximum atomic E-state index is 14.8. The standard InChI is InChI=1S/C32H35F2N3O5/c1-31(2,3)42-30(39)37-16-23-24(17-37)28(23)41-27-14-20(13-26(35-27)22-12-11-21(33)15-25(22)34)32(4,5)36-29(38)40-18-19-9-7-6-8-10-19/h6-15,23-24,28H,16-18H2,1-5H3,(H,36,38)/t23-,24+,28?. The van der Waals surface area contributed by atoms with Gasteiger partial charge < -0.3 is 24.4 Å². The molecule has 0 bridgehead atoms. The van der Waals surface area contributed by atoms with Crippen molar-refractivity contribution in [3.63, 3.8) is 0 Å². The largest absolute Gasteiger partial charge is 0.474 e. The van der Waals surface area contributed by atoms with E-state index in [9.17, 15) is 18.4 Å². The second kappa shape index (κ2) is 11.2. The number of alkyl carbamates (subject to hydrolysis) is 1. The van der Waals surface area contributed by atoms with E-state index in [2.05, 4.69) is 10.3 Å². The van der Waals surface area contributed by atoms with E-state index in [-0.39, 0.29) is 47.8 Å². The molecule has 1 N–H and O–H groups in total. The molecule has 8 nitrogen and oxygen atoms in total. The Morgan fingerprint density at radius 1 is 0.976 bits per heavy atom. The van der Waals surface area contributed by atoms with Crippen LogP contribution in [0.25, 0.3) is 11.3 Å². The minimum Gasteiger partial charge on any atom is -0.474 e. The van der Waals surface area contributed by atoms with Crippen molar-refractivity contribution >= 4 is 12.2 Å². The summed E-state index contributed by atoms with van der Waals surface area (Å²) in [4.78, 5) is 31.4. The topological polar surface area (TPSA) is 90.0 Å². The summed E-state index contributed by atoms with van der Waals surface area (Å²) < 4.78 is 45.6. The maximum absolute atomic E-state index is 14.8. The molecule has 10 heteroatoms. The fourth-order valence-electron chi connectivity index (χ4n) is 5.11. The molecule has 2 fully saturated rings. The number of likely N-dealkylation sites (tertiary alicyclic amines) is 1. The molecule has 1 saturated heterocycles. The van der Waals surface area contributed by atoms with E-state index in [0.717, 1.165) is 17.7 Å². The first kappa shape index (κ1) is 29.3. The molecule has 1 aromatic heterocycles. The summed E-state index contributed by atoms with van der Waals surface area (Å²) in [7, 11) is 0. The van der Waals surface area contributed by atoms with Crippen LogP contribution >= 0.6 is 0 Å². The number of piperidine rings is 1. The third-order valence-corrected chi connectivity index (χ3v) is 7.38. The van der Waals surface area contributed by atoms with Crippen LogP contribution in [-0.2, 0) is 21.6 Å². The number of carbonyl (C=O) groups is 2. The van der Waals surface area contributed by atoms with Crippen LogP contribution in [0.15, 0.2) is 60.7 Å². The predicted octanol–water partition coefficient (Wildman–Crippen LogP) is 6.43. The number of nitrogens with one attached hydrogen (secondary N) is 1. The first-order chi connectivity index (χ1) is 19.8. The molecule has 42 heavy (non-hydrogen) atoms. The molecular weight excluding hydrogens is 544 g/mol. The average molecular weight is 580 g/mol. The van der Waals surface area contributed by atoms with Crippen LogP contribution in [0.4, 0.5) is 18.4 Å². The number of benzene rings is 2. The molecule has 1 unspecified atom stereocenters. The fraction of sp³-hybridized carbons (Fsp3) is 0.406. The normalized spacial score (nSPS) is 19.6. The molecule has 3 aromatic rings. The van der Waals surface area contributed by atoms with Gasteiger partial charge in [0.25, 0.3) is 0 Å². The van der Waals surface area contributed by atoms with Crippen molar-refractivity contribution in [3.05, 3.63) is 83.4 Å². The Bertz CT molecular complexity index is 1460. The number of aromatic nitrogens is 1. The first-order valence-electron chi connectivity index (χ1n) is 13.9. The Morgan fingerprint density at radius 2 is 1.67 bits per heavy atom. The predicted molar refractivity (Wildman–Crippen MR) is 152 cm³/mol. The molecular formula is C32H35F2N3O5. The number of hydrogen-bond donors (Lipinski definition) is 1. The summed E-state index contributed by atoms with van der Waals surface area (Å²) in [5, 5.41) is 2.86. The van der Waals surface area contributed by atoms with Crippen LogP contribution in [0.1, 0.15) is 45.7 Å². The van der Waals surface area contributed by atoms with Crippen molar-refractivity contribution < 1.29 is 32.6 Å². The smallest absolute Gasteiger partial charge is 0.410 e. The molecule has 0 radical (unpaired) electrons. The summed E-state index contributed by atoms with van der Waals surface area (Å²) in [5.74, 6) is -0.995.